The SMILES string of the molecule is CCC[C@H](C(N)=O)[C@@H](CCC(F)(F)F)C(=O)N[C@H]1N=C(c2ccccc2)c2ccccc2N(C)C1=O. The van der Waals surface area contributed by atoms with Crippen molar-refractivity contribution in [2.75, 3.05) is 11.9 Å². The van der Waals surface area contributed by atoms with E-state index in [0.717, 1.165) is 0 Å². The monoisotopic (exact) mass is 502 g/mol. The summed E-state index contributed by atoms with van der Waals surface area (Å²) in [5, 5.41) is 2.51. The van der Waals surface area contributed by atoms with E-state index in [1.54, 1.807) is 55.5 Å². The third-order valence-electron chi connectivity index (χ3n) is 6.20. The summed E-state index contributed by atoms with van der Waals surface area (Å²) in [5.41, 5.74) is 7.83. The maximum Gasteiger partial charge on any atom is 0.389 e. The molecule has 0 aromatic heterocycles. The minimum absolute atomic E-state index is 0.147. The van der Waals surface area contributed by atoms with Crippen molar-refractivity contribution in [1.82, 2.24) is 5.32 Å². The van der Waals surface area contributed by atoms with Gasteiger partial charge < -0.3 is 16.0 Å². The van der Waals surface area contributed by atoms with Crippen LogP contribution < -0.4 is 16.0 Å². The normalized spacial score (nSPS) is 17.5. The number of hydrogen-bond donors (Lipinski definition) is 2. The smallest absolute Gasteiger partial charge is 0.369 e. The van der Waals surface area contributed by atoms with Crippen molar-refractivity contribution >= 4 is 29.1 Å². The number of carbonyl (C=O) groups is 3. The molecule has 0 aliphatic carbocycles. The minimum atomic E-state index is -4.52. The van der Waals surface area contributed by atoms with Crippen LogP contribution in [0.25, 0.3) is 0 Å². The number of para-hydroxylation sites is 1. The standard InChI is InChI=1S/C26H29F3N4O3/c1-3-9-17(22(30)34)18(14-15-26(27,28)29)24(35)32-23-25(36)33(2)20-13-8-7-12-19(20)21(31-23)16-10-5-4-6-11-16/h4-8,10-13,17-18,23H,3,9,14-15H2,1-2H3,(H2,30,34)(H,32,35)/t17-,18+,23+/m0/s1. The number of aliphatic imine (C=N–C) groups is 1. The number of rotatable bonds is 9. The van der Waals surface area contributed by atoms with Gasteiger partial charge in [-0.3, -0.25) is 14.4 Å². The van der Waals surface area contributed by atoms with E-state index in [2.05, 4.69) is 10.3 Å². The van der Waals surface area contributed by atoms with Crippen molar-refractivity contribution < 1.29 is 27.6 Å². The average molecular weight is 503 g/mol. The molecule has 0 unspecified atom stereocenters. The van der Waals surface area contributed by atoms with Crippen LogP contribution in [0.1, 0.15) is 43.7 Å². The summed E-state index contributed by atoms with van der Waals surface area (Å²) in [6, 6.07) is 16.1. The highest BCUT2D eigenvalue weighted by Crippen LogP contribution is 2.31. The Balaban J connectivity index is 2.01. The fourth-order valence-corrected chi connectivity index (χ4v) is 4.37. The number of hydrogen-bond acceptors (Lipinski definition) is 4. The number of likely N-dealkylation sites (N-methyl/N-ethyl adjacent to an activating group) is 1. The summed E-state index contributed by atoms with van der Waals surface area (Å²) in [5.74, 6) is -4.76. The number of nitrogens with one attached hydrogen (secondary N) is 1. The van der Waals surface area contributed by atoms with Crippen molar-refractivity contribution in [2.24, 2.45) is 22.6 Å². The fraction of sp³-hybridized carbons (Fsp3) is 0.385. The Bertz CT molecular complexity index is 1130. The van der Waals surface area contributed by atoms with Gasteiger partial charge in [-0.05, 0) is 18.9 Å². The third kappa shape index (κ3) is 6.30. The number of amides is 3. The average Bonchev–Trinajstić information content (AvgIpc) is 2.94. The lowest BCUT2D eigenvalue weighted by atomic mass is 9.83. The highest BCUT2D eigenvalue weighted by Gasteiger charge is 2.39. The number of anilines is 1. The number of primary amides is 1. The van der Waals surface area contributed by atoms with Crippen LogP contribution in [-0.4, -0.2) is 42.8 Å². The van der Waals surface area contributed by atoms with Crippen LogP contribution >= 0.6 is 0 Å². The highest BCUT2D eigenvalue weighted by atomic mass is 19.4. The first-order valence-corrected chi connectivity index (χ1v) is 11.7. The van der Waals surface area contributed by atoms with Gasteiger partial charge in [0.25, 0.3) is 5.91 Å². The Kier molecular flexibility index (Phi) is 8.49. The van der Waals surface area contributed by atoms with Crippen LogP contribution in [0, 0.1) is 11.8 Å². The van der Waals surface area contributed by atoms with Crippen LogP contribution in [0.2, 0.25) is 0 Å². The van der Waals surface area contributed by atoms with Gasteiger partial charge in [0.2, 0.25) is 18.0 Å². The van der Waals surface area contributed by atoms with Gasteiger partial charge in [-0.2, -0.15) is 13.2 Å². The second kappa shape index (κ2) is 11.4. The molecule has 1 aliphatic rings. The summed E-state index contributed by atoms with van der Waals surface area (Å²) in [4.78, 5) is 44.6. The summed E-state index contributed by atoms with van der Waals surface area (Å²) >= 11 is 0. The lowest BCUT2D eigenvalue weighted by Crippen LogP contribution is -2.50. The first-order chi connectivity index (χ1) is 17.0. The molecule has 0 saturated carbocycles. The number of benzene rings is 2. The van der Waals surface area contributed by atoms with Gasteiger partial charge in [-0.25, -0.2) is 4.99 Å². The molecule has 0 bridgehead atoms. The molecule has 36 heavy (non-hydrogen) atoms. The number of alkyl halides is 3. The zero-order valence-corrected chi connectivity index (χ0v) is 20.1. The lowest BCUT2D eigenvalue weighted by molar-refractivity contribution is -0.146. The molecular weight excluding hydrogens is 473 g/mol. The molecule has 0 fully saturated rings. The second-order valence-electron chi connectivity index (χ2n) is 8.73. The molecule has 3 amide bonds. The third-order valence-corrected chi connectivity index (χ3v) is 6.20. The molecule has 0 saturated heterocycles. The summed E-state index contributed by atoms with van der Waals surface area (Å²) in [6.07, 6.45) is -7.23. The number of halogens is 3. The quantitative estimate of drug-likeness (QED) is 0.545. The minimum Gasteiger partial charge on any atom is -0.369 e. The van der Waals surface area contributed by atoms with Crippen molar-refractivity contribution in [3.63, 3.8) is 0 Å². The molecule has 7 nitrogen and oxygen atoms in total. The largest absolute Gasteiger partial charge is 0.389 e. The zero-order chi connectivity index (χ0) is 26.5. The van der Waals surface area contributed by atoms with E-state index in [0.29, 0.717) is 28.9 Å². The van der Waals surface area contributed by atoms with Gasteiger partial charge in [-0.1, -0.05) is 61.9 Å². The molecule has 0 spiro atoms. The Hall–Kier alpha value is -3.69. The molecule has 1 heterocycles. The van der Waals surface area contributed by atoms with E-state index in [4.69, 9.17) is 5.73 Å². The predicted octanol–water partition coefficient (Wildman–Crippen LogP) is 3.80. The van der Waals surface area contributed by atoms with Gasteiger partial charge in [0.1, 0.15) is 0 Å². The van der Waals surface area contributed by atoms with E-state index in [-0.39, 0.29) is 6.42 Å². The van der Waals surface area contributed by atoms with Crippen molar-refractivity contribution in [3.05, 3.63) is 65.7 Å². The summed E-state index contributed by atoms with van der Waals surface area (Å²) < 4.78 is 39.0. The summed E-state index contributed by atoms with van der Waals surface area (Å²) in [7, 11) is 1.54. The van der Waals surface area contributed by atoms with Gasteiger partial charge in [0.05, 0.1) is 11.4 Å². The Morgan fingerprint density at radius 3 is 2.31 bits per heavy atom. The van der Waals surface area contributed by atoms with Crippen molar-refractivity contribution in [2.45, 2.75) is 44.9 Å². The molecule has 3 N–H and O–H groups in total. The van der Waals surface area contributed by atoms with Crippen LogP contribution in [-0.2, 0) is 14.4 Å². The fourth-order valence-electron chi connectivity index (χ4n) is 4.37. The number of carbonyl (C=O) groups excluding carboxylic acids is 3. The maximum absolute atomic E-state index is 13.3. The van der Waals surface area contributed by atoms with Crippen LogP contribution in [0.15, 0.2) is 59.6 Å². The molecule has 3 atom stereocenters. The van der Waals surface area contributed by atoms with Crippen LogP contribution in [0.5, 0.6) is 0 Å². The van der Waals surface area contributed by atoms with E-state index in [1.807, 2.05) is 6.07 Å². The van der Waals surface area contributed by atoms with Crippen LogP contribution in [0.3, 0.4) is 0 Å². The van der Waals surface area contributed by atoms with Gasteiger partial charge in [-0.15, -0.1) is 0 Å². The lowest BCUT2D eigenvalue weighted by Gasteiger charge is -2.26. The van der Waals surface area contributed by atoms with E-state index >= 15 is 0 Å². The first kappa shape index (κ1) is 26.9. The second-order valence-corrected chi connectivity index (χ2v) is 8.73. The predicted molar refractivity (Wildman–Crippen MR) is 130 cm³/mol. The maximum atomic E-state index is 13.3. The summed E-state index contributed by atoms with van der Waals surface area (Å²) in [6.45, 7) is 1.74. The molecule has 3 rings (SSSR count). The van der Waals surface area contributed by atoms with Gasteiger partial charge >= 0.3 is 6.18 Å². The van der Waals surface area contributed by atoms with Crippen LogP contribution in [0.4, 0.5) is 18.9 Å². The number of nitrogens with two attached hydrogens (primary N) is 1. The molecule has 2 aromatic rings. The molecular formula is C26H29F3N4O3. The van der Waals surface area contributed by atoms with E-state index in [9.17, 15) is 27.6 Å². The molecule has 192 valence electrons. The van der Waals surface area contributed by atoms with Gasteiger partial charge in [0, 0.05) is 36.4 Å². The number of fused-ring (bicyclic) bond motifs is 1. The highest BCUT2D eigenvalue weighted by molar-refractivity contribution is 6.20. The van der Waals surface area contributed by atoms with Crippen molar-refractivity contribution in [1.29, 1.82) is 0 Å². The topological polar surface area (TPSA) is 105 Å². The molecule has 1 aliphatic heterocycles. The number of benzodiazepines with no additional fused rings is 1. The Labute approximate surface area is 207 Å². The van der Waals surface area contributed by atoms with E-state index in [1.165, 1.54) is 11.9 Å². The zero-order valence-electron chi connectivity index (χ0n) is 20.1. The molecule has 0 radical (unpaired) electrons. The number of nitrogens with zero attached hydrogens (tertiary/aromatic N) is 2. The Morgan fingerprint density at radius 1 is 1.06 bits per heavy atom. The van der Waals surface area contributed by atoms with Gasteiger partial charge in [0.15, 0.2) is 0 Å². The van der Waals surface area contributed by atoms with Crippen molar-refractivity contribution in [3.8, 4) is 0 Å². The van der Waals surface area contributed by atoms with E-state index < -0.39 is 54.7 Å². The molecule has 10 heteroatoms. The molecule has 2 aromatic carbocycles. The Morgan fingerprint density at radius 2 is 1.69 bits per heavy atom. The first-order valence-electron chi connectivity index (χ1n) is 11.7.